The lowest BCUT2D eigenvalue weighted by molar-refractivity contribution is -0.119. The van der Waals surface area contributed by atoms with E-state index in [1.165, 1.54) is 23.1 Å². The Morgan fingerprint density at radius 1 is 1.16 bits per heavy atom. The number of hydrogen-bond donors (Lipinski definition) is 1. The van der Waals surface area contributed by atoms with Crippen molar-refractivity contribution in [1.29, 1.82) is 0 Å². The molecule has 2 amide bonds. The highest BCUT2D eigenvalue weighted by atomic mass is 19.1. The van der Waals surface area contributed by atoms with Gasteiger partial charge in [0.2, 0.25) is 5.91 Å². The van der Waals surface area contributed by atoms with Crippen LogP contribution in [0.5, 0.6) is 5.75 Å². The second kappa shape index (κ2) is 7.34. The fourth-order valence-corrected chi connectivity index (χ4v) is 2.97. The molecule has 5 nitrogen and oxygen atoms in total. The molecule has 0 unspecified atom stereocenters. The van der Waals surface area contributed by atoms with Gasteiger partial charge in [-0.25, -0.2) is 4.39 Å². The van der Waals surface area contributed by atoms with Gasteiger partial charge in [0.05, 0.1) is 12.7 Å². The van der Waals surface area contributed by atoms with Crippen LogP contribution in [-0.4, -0.2) is 36.4 Å². The molecule has 1 N–H and O–H groups in total. The summed E-state index contributed by atoms with van der Waals surface area (Å²) in [5.41, 5.74) is 0.614. The molecule has 6 heteroatoms. The van der Waals surface area contributed by atoms with Crippen molar-refractivity contribution < 1.29 is 18.7 Å². The van der Waals surface area contributed by atoms with Crippen LogP contribution in [0.25, 0.3) is 0 Å². The van der Waals surface area contributed by atoms with Crippen molar-refractivity contribution in [3.05, 3.63) is 59.9 Å². The van der Waals surface area contributed by atoms with Gasteiger partial charge in [0.1, 0.15) is 17.6 Å². The number of methoxy groups -OCH3 is 1. The van der Waals surface area contributed by atoms with Gasteiger partial charge in [-0.05, 0) is 49.2 Å². The first kappa shape index (κ1) is 17.0. The molecule has 3 rings (SSSR count). The van der Waals surface area contributed by atoms with Gasteiger partial charge in [-0.2, -0.15) is 0 Å². The van der Waals surface area contributed by atoms with E-state index in [-0.39, 0.29) is 11.5 Å². The molecular weight excluding hydrogens is 323 g/mol. The molecule has 1 heterocycles. The molecule has 1 fully saturated rings. The summed E-state index contributed by atoms with van der Waals surface area (Å²) in [6.45, 7) is 0.438. The minimum atomic E-state index is -0.603. The number of nitrogens with zero attached hydrogens (tertiary/aromatic N) is 1. The number of carbonyl (C=O) groups excluding carboxylic acids is 2. The smallest absolute Gasteiger partial charge is 0.257 e. The second-order valence-corrected chi connectivity index (χ2v) is 5.85. The first-order valence-corrected chi connectivity index (χ1v) is 8.10. The van der Waals surface area contributed by atoms with Crippen molar-refractivity contribution >= 4 is 17.5 Å². The summed E-state index contributed by atoms with van der Waals surface area (Å²) in [5.74, 6) is -0.609. The number of benzene rings is 2. The summed E-state index contributed by atoms with van der Waals surface area (Å²) in [5, 5.41) is 2.80. The molecule has 2 aromatic rings. The summed E-state index contributed by atoms with van der Waals surface area (Å²) in [6, 6.07) is 12.2. The fourth-order valence-electron chi connectivity index (χ4n) is 2.97. The molecule has 1 aliphatic rings. The number of amides is 2. The minimum absolute atomic E-state index is 0.00773. The van der Waals surface area contributed by atoms with Crippen LogP contribution in [0.4, 0.5) is 10.1 Å². The van der Waals surface area contributed by atoms with Gasteiger partial charge < -0.3 is 15.0 Å². The molecule has 2 aromatic carbocycles. The molecule has 0 bridgehead atoms. The number of carbonyl (C=O) groups is 2. The third-order valence-electron chi connectivity index (χ3n) is 4.28. The van der Waals surface area contributed by atoms with E-state index in [9.17, 15) is 14.0 Å². The summed E-state index contributed by atoms with van der Waals surface area (Å²) in [7, 11) is 1.57. The highest BCUT2D eigenvalue weighted by molar-refractivity contribution is 6.01. The van der Waals surface area contributed by atoms with E-state index >= 15 is 0 Å². The number of hydrogen-bond acceptors (Lipinski definition) is 3. The molecule has 1 saturated heterocycles. The number of nitrogens with one attached hydrogen (secondary N) is 1. The first-order chi connectivity index (χ1) is 12.1. The average Bonchev–Trinajstić information content (AvgIpc) is 3.12. The Morgan fingerprint density at radius 2 is 1.88 bits per heavy atom. The molecule has 0 spiro atoms. The Morgan fingerprint density at radius 3 is 2.56 bits per heavy atom. The standard InChI is InChI=1S/C19H19FN2O3/c1-25-14-10-8-13(9-11-14)21-18(23)17-7-4-12-22(17)19(24)15-5-2-3-6-16(15)20/h2-3,5-6,8-11,17H,4,7,12H2,1H3,(H,21,23)/t17-/m1/s1. The SMILES string of the molecule is COc1ccc(NC(=O)[C@H]2CCCN2C(=O)c2ccccc2F)cc1. The van der Waals surface area contributed by atoms with E-state index in [1.807, 2.05) is 0 Å². The third kappa shape index (κ3) is 3.63. The Balaban J connectivity index is 1.73. The summed E-state index contributed by atoms with van der Waals surface area (Å²) >= 11 is 0. The van der Waals surface area contributed by atoms with E-state index in [1.54, 1.807) is 37.4 Å². The number of halogens is 1. The number of anilines is 1. The van der Waals surface area contributed by atoms with Crippen molar-refractivity contribution in [3.63, 3.8) is 0 Å². The highest BCUT2D eigenvalue weighted by Gasteiger charge is 2.35. The molecule has 1 aliphatic heterocycles. The lowest BCUT2D eigenvalue weighted by Gasteiger charge is -2.24. The highest BCUT2D eigenvalue weighted by Crippen LogP contribution is 2.23. The zero-order chi connectivity index (χ0) is 17.8. The summed E-state index contributed by atoms with van der Waals surface area (Å²) in [6.07, 6.45) is 1.27. The second-order valence-electron chi connectivity index (χ2n) is 5.85. The van der Waals surface area contributed by atoms with Crippen molar-refractivity contribution in [3.8, 4) is 5.75 Å². The van der Waals surface area contributed by atoms with Crippen molar-refractivity contribution in [1.82, 2.24) is 4.90 Å². The number of rotatable bonds is 4. The van der Waals surface area contributed by atoms with Crippen LogP contribution in [0.3, 0.4) is 0 Å². The van der Waals surface area contributed by atoms with Crippen LogP contribution in [-0.2, 0) is 4.79 Å². The van der Waals surface area contributed by atoms with Gasteiger partial charge in [0, 0.05) is 12.2 Å². The van der Waals surface area contributed by atoms with Crippen molar-refractivity contribution in [2.75, 3.05) is 19.0 Å². The van der Waals surface area contributed by atoms with E-state index in [2.05, 4.69) is 5.32 Å². The molecule has 25 heavy (non-hydrogen) atoms. The predicted octanol–water partition coefficient (Wildman–Crippen LogP) is 3.08. The first-order valence-electron chi connectivity index (χ1n) is 8.10. The molecule has 1 atom stereocenters. The van der Waals surface area contributed by atoms with Gasteiger partial charge in [-0.15, -0.1) is 0 Å². The monoisotopic (exact) mass is 342 g/mol. The third-order valence-corrected chi connectivity index (χ3v) is 4.28. The maximum Gasteiger partial charge on any atom is 0.257 e. The largest absolute Gasteiger partial charge is 0.497 e. The van der Waals surface area contributed by atoms with E-state index in [0.717, 1.165) is 0 Å². The topological polar surface area (TPSA) is 58.6 Å². The normalized spacial score (nSPS) is 16.6. The maximum absolute atomic E-state index is 13.9. The zero-order valence-corrected chi connectivity index (χ0v) is 13.9. The average molecular weight is 342 g/mol. The summed E-state index contributed by atoms with van der Waals surface area (Å²) < 4.78 is 19.0. The van der Waals surface area contributed by atoms with Crippen LogP contribution >= 0.6 is 0 Å². The van der Waals surface area contributed by atoms with Crippen LogP contribution < -0.4 is 10.1 Å². The van der Waals surface area contributed by atoms with Gasteiger partial charge in [0.25, 0.3) is 5.91 Å². The van der Waals surface area contributed by atoms with Gasteiger partial charge in [0.15, 0.2) is 0 Å². The van der Waals surface area contributed by atoms with E-state index in [4.69, 9.17) is 4.74 Å². The predicted molar refractivity (Wildman–Crippen MR) is 92.1 cm³/mol. The zero-order valence-electron chi connectivity index (χ0n) is 13.9. The van der Waals surface area contributed by atoms with E-state index < -0.39 is 17.8 Å². The van der Waals surface area contributed by atoms with Crippen LogP contribution in [0, 0.1) is 5.82 Å². The van der Waals surface area contributed by atoms with Gasteiger partial charge >= 0.3 is 0 Å². The number of likely N-dealkylation sites (tertiary alicyclic amines) is 1. The van der Waals surface area contributed by atoms with Crippen LogP contribution in [0.1, 0.15) is 23.2 Å². The van der Waals surface area contributed by atoms with Crippen LogP contribution in [0.2, 0.25) is 0 Å². The molecule has 0 radical (unpaired) electrons. The lowest BCUT2D eigenvalue weighted by atomic mass is 10.1. The van der Waals surface area contributed by atoms with Crippen LogP contribution in [0.15, 0.2) is 48.5 Å². The number of ether oxygens (including phenoxy) is 1. The lowest BCUT2D eigenvalue weighted by Crippen LogP contribution is -2.43. The van der Waals surface area contributed by atoms with Crippen molar-refractivity contribution in [2.45, 2.75) is 18.9 Å². The Labute approximate surface area is 145 Å². The van der Waals surface area contributed by atoms with Gasteiger partial charge in [-0.3, -0.25) is 9.59 Å². The molecule has 130 valence electrons. The van der Waals surface area contributed by atoms with Gasteiger partial charge in [-0.1, -0.05) is 12.1 Å². The Kier molecular flexibility index (Phi) is 4.97. The summed E-state index contributed by atoms with van der Waals surface area (Å²) in [4.78, 5) is 26.6. The van der Waals surface area contributed by atoms with E-state index in [0.29, 0.717) is 30.8 Å². The Hall–Kier alpha value is -2.89. The van der Waals surface area contributed by atoms with Crippen molar-refractivity contribution in [2.24, 2.45) is 0 Å². The molecule has 0 aliphatic carbocycles. The fraction of sp³-hybridized carbons (Fsp3) is 0.263. The maximum atomic E-state index is 13.9. The molecule has 0 aromatic heterocycles. The molecular formula is C19H19FN2O3. The molecule has 0 saturated carbocycles. The Bertz CT molecular complexity index is 776. The quantitative estimate of drug-likeness (QED) is 0.929. The minimum Gasteiger partial charge on any atom is -0.497 e.